The van der Waals surface area contributed by atoms with Crippen molar-refractivity contribution in [2.24, 2.45) is 5.92 Å². The highest BCUT2D eigenvalue weighted by molar-refractivity contribution is 5.94. The summed E-state index contributed by atoms with van der Waals surface area (Å²) in [6.45, 7) is 8.43. The number of halogens is 1. The number of nitrogens with one attached hydrogen (secondary N) is 1. The number of rotatable bonds is 5. The van der Waals surface area contributed by atoms with Crippen molar-refractivity contribution in [2.45, 2.75) is 39.7 Å². The smallest absolute Gasteiger partial charge is 0.254 e. The van der Waals surface area contributed by atoms with Crippen molar-refractivity contribution in [3.8, 4) is 0 Å². The Labute approximate surface area is 126 Å². The van der Waals surface area contributed by atoms with Crippen molar-refractivity contribution < 1.29 is 9.18 Å². The fraction of sp³-hybridized carbons (Fsp3) is 0.588. The van der Waals surface area contributed by atoms with Crippen LogP contribution in [0.1, 0.15) is 42.6 Å². The molecule has 0 bridgehead atoms. The SMILES string of the molecule is Cc1cc(F)cc(C(=O)N(CC(C)C)CC2CCCN2)c1. The predicted octanol–water partition coefficient (Wildman–Crippen LogP) is 2.98. The number of aryl methyl sites for hydroxylation is 1. The number of hydrogen-bond acceptors (Lipinski definition) is 2. The van der Waals surface area contributed by atoms with Gasteiger partial charge in [-0.2, -0.15) is 0 Å². The molecule has 1 heterocycles. The Bertz CT molecular complexity index is 475. The molecular formula is C17H25FN2O. The second kappa shape index (κ2) is 7.03. The summed E-state index contributed by atoms with van der Waals surface area (Å²) in [5.74, 6) is -0.0214. The van der Waals surface area contributed by atoms with Gasteiger partial charge in [0.05, 0.1) is 0 Å². The van der Waals surface area contributed by atoms with Crippen LogP contribution in [0.25, 0.3) is 0 Å². The average Bonchev–Trinajstić information content (AvgIpc) is 2.88. The third-order valence-electron chi connectivity index (χ3n) is 3.76. The van der Waals surface area contributed by atoms with Gasteiger partial charge in [0.15, 0.2) is 0 Å². The lowest BCUT2D eigenvalue weighted by molar-refractivity contribution is 0.0720. The molecule has 1 aromatic rings. The van der Waals surface area contributed by atoms with E-state index in [2.05, 4.69) is 19.2 Å². The van der Waals surface area contributed by atoms with E-state index in [9.17, 15) is 9.18 Å². The highest BCUT2D eigenvalue weighted by Gasteiger charge is 2.23. The topological polar surface area (TPSA) is 32.3 Å². The fourth-order valence-corrected chi connectivity index (χ4v) is 2.90. The van der Waals surface area contributed by atoms with Crippen molar-refractivity contribution in [3.05, 3.63) is 35.1 Å². The molecule has 1 amide bonds. The molecule has 2 rings (SSSR count). The summed E-state index contributed by atoms with van der Waals surface area (Å²) in [5, 5.41) is 3.42. The van der Waals surface area contributed by atoms with Crippen molar-refractivity contribution in [1.82, 2.24) is 10.2 Å². The van der Waals surface area contributed by atoms with Gasteiger partial charge in [0.25, 0.3) is 5.91 Å². The van der Waals surface area contributed by atoms with Crippen LogP contribution in [0.2, 0.25) is 0 Å². The van der Waals surface area contributed by atoms with Crippen LogP contribution in [0.5, 0.6) is 0 Å². The lowest BCUT2D eigenvalue weighted by Crippen LogP contribution is -2.42. The fourth-order valence-electron chi connectivity index (χ4n) is 2.90. The van der Waals surface area contributed by atoms with E-state index in [1.807, 2.05) is 11.8 Å². The maximum Gasteiger partial charge on any atom is 0.254 e. The van der Waals surface area contributed by atoms with E-state index in [1.54, 1.807) is 6.07 Å². The van der Waals surface area contributed by atoms with Crippen LogP contribution in [0.15, 0.2) is 18.2 Å². The first-order chi connectivity index (χ1) is 9.95. The van der Waals surface area contributed by atoms with Crippen LogP contribution >= 0.6 is 0 Å². The van der Waals surface area contributed by atoms with Crippen LogP contribution in [0, 0.1) is 18.7 Å². The minimum absolute atomic E-state index is 0.0694. The molecule has 0 aliphatic carbocycles. The molecule has 0 aromatic heterocycles. The van der Waals surface area contributed by atoms with E-state index in [0.29, 0.717) is 30.6 Å². The Kier molecular flexibility index (Phi) is 5.34. The molecule has 1 aliphatic rings. The maximum absolute atomic E-state index is 13.5. The lowest BCUT2D eigenvalue weighted by Gasteiger charge is -2.27. The van der Waals surface area contributed by atoms with E-state index >= 15 is 0 Å². The summed E-state index contributed by atoms with van der Waals surface area (Å²) in [6.07, 6.45) is 2.26. The molecule has 0 spiro atoms. The number of carbonyl (C=O) groups excluding carboxylic acids is 1. The first kappa shape index (κ1) is 16.0. The van der Waals surface area contributed by atoms with E-state index in [4.69, 9.17) is 0 Å². The average molecular weight is 292 g/mol. The molecule has 21 heavy (non-hydrogen) atoms. The Morgan fingerprint density at radius 1 is 1.43 bits per heavy atom. The molecule has 3 nitrogen and oxygen atoms in total. The maximum atomic E-state index is 13.5. The van der Waals surface area contributed by atoms with Gasteiger partial charge in [-0.25, -0.2) is 4.39 Å². The van der Waals surface area contributed by atoms with Crippen LogP contribution in [0.4, 0.5) is 4.39 Å². The minimum Gasteiger partial charge on any atom is -0.337 e. The van der Waals surface area contributed by atoms with Crippen molar-refractivity contribution in [1.29, 1.82) is 0 Å². The molecule has 1 aliphatic heterocycles. The van der Waals surface area contributed by atoms with Crippen LogP contribution in [-0.2, 0) is 0 Å². The van der Waals surface area contributed by atoms with Gasteiger partial charge >= 0.3 is 0 Å². The van der Waals surface area contributed by atoms with Crippen molar-refractivity contribution in [3.63, 3.8) is 0 Å². The van der Waals surface area contributed by atoms with Gasteiger partial charge in [0, 0.05) is 24.7 Å². The van der Waals surface area contributed by atoms with Gasteiger partial charge in [-0.1, -0.05) is 13.8 Å². The van der Waals surface area contributed by atoms with Gasteiger partial charge in [-0.05, 0) is 56.0 Å². The molecule has 1 aromatic carbocycles. The van der Waals surface area contributed by atoms with Gasteiger partial charge in [-0.15, -0.1) is 0 Å². The van der Waals surface area contributed by atoms with E-state index in [1.165, 1.54) is 12.1 Å². The molecule has 0 saturated carbocycles. The normalized spacial score (nSPS) is 18.2. The largest absolute Gasteiger partial charge is 0.337 e. The molecule has 1 fully saturated rings. The van der Waals surface area contributed by atoms with Crippen molar-refractivity contribution in [2.75, 3.05) is 19.6 Å². The first-order valence-electron chi connectivity index (χ1n) is 7.75. The van der Waals surface area contributed by atoms with E-state index in [0.717, 1.165) is 24.9 Å². The molecule has 0 radical (unpaired) electrons. The molecular weight excluding hydrogens is 267 g/mol. The Balaban J connectivity index is 2.15. The molecule has 116 valence electrons. The summed E-state index contributed by atoms with van der Waals surface area (Å²) < 4.78 is 13.5. The summed E-state index contributed by atoms with van der Waals surface area (Å²) in [5.41, 5.74) is 1.23. The Morgan fingerprint density at radius 3 is 2.76 bits per heavy atom. The number of nitrogens with zero attached hydrogens (tertiary/aromatic N) is 1. The highest BCUT2D eigenvalue weighted by atomic mass is 19.1. The molecule has 1 saturated heterocycles. The van der Waals surface area contributed by atoms with Gasteiger partial charge in [-0.3, -0.25) is 4.79 Å². The van der Waals surface area contributed by atoms with E-state index in [-0.39, 0.29) is 11.7 Å². The minimum atomic E-state index is -0.346. The Morgan fingerprint density at radius 2 is 2.19 bits per heavy atom. The third kappa shape index (κ3) is 4.53. The predicted molar refractivity (Wildman–Crippen MR) is 82.9 cm³/mol. The number of amides is 1. The lowest BCUT2D eigenvalue weighted by atomic mass is 10.1. The number of hydrogen-bond donors (Lipinski definition) is 1. The molecule has 1 atom stereocenters. The van der Waals surface area contributed by atoms with Gasteiger partial charge in [0.2, 0.25) is 0 Å². The quantitative estimate of drug-likeness (QED) is 0.905. The Hall–Kier alpha value is -1.42. The molecule has 1 unspecified atom stereocenters. The molecule has 1 N–H and O–H groups in total. The van der Waals surface area contributed by atoms with Gasteiger partial charge in [0.1, 0.15) is 5.82 Å². The van der Waals surface area contributed by atoms with Crippen LogP contribution in [0.3, 0.4) is 0 Å². The molecule has 4 heteroatoms. The second-order valence-electron chi connectivity index (χ2n) is 6.41. The summed E-state index contributed by atoms with van der Waals surface area (Å²) in [6, 6.07) is 4.91. The highest BCUT2D eigenvalue weighted by Crippen LogP contribution is 2.15. The number of carbonyl (C=O) groups is 1. The standard InChI is InChI=1S/C17H25FN2O/c1-12(2)10-20(11-16-5-4-6-19-16)17(21)14-7-13(3)8-15(18)9-14/h7-9,12,16,19H,4-6,10-11H2,1-3H3. The number of benzene rings is 1. The van der Waals surface area contributed by atoms with E-state index < -0.39 is 0 Å². The summed E-state index contributed by atoms with van der Waals surface area (Å²) in [7, 11) is 0. The first-order valence-corrected chi connectivity index (χ1v) is 7.75. The van der Waals surface area contributed by atoms with Crippen LogP contribution < -0.4 is 5.32 Å². The summed E-state index contributed by atoms with van der Waals surface area (Å²) in [4.78, 5) is 14.6. The van der Waals surface area contributed by atoms with Crippen LogP contribution in [-0.4, -0.2) is 36.5 Å². The van der Waals surface area contributed by atoms with Gasteiger partial charge < -0.3 is 10.2 Å². The zero-order valence-electron chi connectivity index (χ0n) is 13.2. The zero-order chi connectivity index (χ0) is 15.4. The third-order valence-corrected chi connectivity index (χ3v) is 3.76. The zero-order valence-corrected chi connectivity index (χ0v) is 13.2. The summed E-state index contributed by atoms with van der Waals surface area (Å²) >= 11 is 0. The second-order valence-corrected chi connectivity index (χ2v) is 6.41. The van der Waals surface area contributed by atoms with Crippen molar-refractivity contribution >= 4 is 5.91 Å². The monoisotopic (exact) mass is 292 g/mol.